The van der Waals surface area contributed by atoms with Gasteiger partial charge in [0.1, 0.15) is 13.2 Å². The van der Waals surface area contributed by atoms with E-state index < -0.39 is 38.9 Å². The summed E-state index contributed by atoms with van der Waals surface area (Å²) in [5.74, 6) is -1.56. The lowest BCUT2D eigenvalue weighted by Gasteiger charge is -2.28. The topological polar surface area (TPSA) is 119 Å². The molecule has 9 heteroatoms. The van der Waals surface area contributed by atoms with Gasteiger partial charge in [0, 0.05) is 0 Å². The highest BCUT2D eigenvalue weighted by atomic mass is 32.2. The maximum Gasteiger partial charge on any atom is 0.407 e. The van der Waals surface area contributed by atoms with Gasteiger partial charge in [-0.15, -0.1) is 0 Å². The summed E-state index contributed by atoms with van der Waals surface area (Å²) in [7, 11) is -4.32. The number of carbonyl (C=O) groups is 2. The first-order valence-corrected chi connectivity index (χ1v) is 9.53. The quantitative estimate of drug-likeness (QED) is 0.518. The van der Waals surface area contributed by atoms with Crippen LogP contribution in [0.2, 0.25) is 0 Å². The van der Waals surface area contributed by atoms with Crippen molar-refractivity contribution in [1.82, 2.24) is 5.32 Å². The second kappa shape index (κ2) is 8.50. The highest BCUT2D eigenvalue weighted by Crippen LogP contribution is 2.20. The number of esters is 1. The third-order valence-electron chi connectivity index (χ3n) is 3.31. The van der Waals surface area contributed by atoms with E-state index in [1.165, 1.54) is 13.8 Å². The molecule has 0 aromatic heterocycles. The number of benzene rings is 1. The molecule has 0 fully saturated rings. The zero-order valence-electron chi connectivity index (χ0n) is 15.3. The van der Waals surface area contributed by atoms with Crippen LogP contribution in [0, 0.1) is 5.41 Å². The minimum atomic E-state index is -4.32. The van der Waals surface area contributed by atoms with Gasteiger partial charge in [0.25, 0.3) is 10.1 Å². The molecule has 0 aliphatic heterocycles. The standard InChI is InChI=1S/C17H25NO7S/c1-16(2,12-26(21,22)23)14(19)25-11-17(3,4)18-15(20)24-10-13-8-6-5-7-9-13/h5-9H,10-12H2,1-4H3,(H,18,20)(H,21,22,23). The summed E-state index contributed by atoms with van der Waals surface area (Å²) in [5.41, 5.74) is -1.52. The van der Waals surface area contributed by atoms with Gasteiger partial charge in [-0.1, -0.05) is 30.3 Å². The Balaban J connectivity index is 2.49. The van der Waals surface area contributed by atoms with Crippen LogP contribution in [0.25, 0.3) is 0 Å². The van der Waals surface area contributed by atoms with Crippen LogP contribution in [-0.2, 0) is 31.0 Å². The van der Waals surface area contributed by atoms with E-state index in [2.05, 4.69) is 5.32 Å². The molecule has 0 saturated carbocycles. The van der Waals surface area contributed by atoms with Crippen molar-refractivity contribution in [1.29, 1.82) is 0 Å². The summed E-state index contributed by atoms with van der Waals surface area (Å²) in [6, 6.07) is 9.14. The number of hydrogen-bond acceptors (Lipinski definition) is 6. The van der Waals surface area contributed by atoms with Gasteiger partial charge in [-0.3, -0.25) is 9.35 Å². The van der Waals surface area contributed by atoms with Crippen molar-refractivity contribution in [2.24, 2.45) is 5.41 Å². The molecule has 0 aliphatic carbocycles. The minimum absolute atomic E-state index is 0.101. The smallest absolute Gasteiger partial charge is 0.407 e. The molecular formula is C17H25NO7S. The fourth-order valence-electron chi connectivity index (χ4n) is 2.03. The Hall–Kier alpha value is -2.13. The number of rotatable bonds is 8. The van der Waals surface area contributed by atoms with Crippen LogP contribution in [0.4, 0.5) is 4.79 Å². The van der Waals surface area contributed by atoms with E-state index in [1.54, 1.807) is 13.8 Å². The zero-order chi connectivity index (χ0) is 20.0. The second-order valence-electron chi connectivity index (χ2n) is 7.26. The van der Waals surface area contributed by atoms with Crippen molar-refractivity contribution < 1.29 is 32.0 Å². The average Bonchev–Trinajstić information content (AvgIpc) is 2.49. The van der Waals surface area contributed by atoms with Gasteiger partial charge >= 0.3 is 12.1 Å². The average molecular weight is 387 g/mol. The molecule has 1 aromatic rings. The predicted molar refractivity (Wildman–Crippen MR) is 95.0 cm³/mol. The summed E-state index contributed by atoms with van der Waals surface area (Å²) in [6.45, 7) is 5.85. The van der Waals surface area contributed by atoms with Crippen molar-refractivity contribution in [3.05, 3.63) is 35.9 Å². The summed E-state index contributed by atoms with van der Waals surface area (Å²) >= 11 is 0. The lowest BCUT2D eigenvalue weighted by Crippen LogP contribution is -2.48. The van der Waals surface area contributed by atoms with E-state index in [0.29, 0.717) is 0 Å². The molecule has 2 N–H and O–H groups in total. The molecule has 146 valence electrons. The van der Waals surface area contributed by atoms with Crippen molar-refractivity contribution >= 4 is 22.2 Å². The van der Waals surface area contributed by atoms with Gasteiger partial charge < -0.3 is 14.8 Å². The van der Waals surface area contributed by atoms with Gasteiger partial charge in [0.2, 0.25) is 0 Å². The molecule has 0 saturated heterocycles. The Morgan fingerprint density at radius 3 is 2.19 bits per heavy atom. The van der Waals surface area contributed by atoms with Gasteiger partial charge in [-0.05, 0) is 33.3 Å². The monoisotopic (exact) mass is 387 g/mol. The number of carbonyl (C=O) groups excluding carboxylic acids is 2. The molecule has 8 nitrogen and oxygen atoms in total. The first-order valence-electron chi connectivity index (χ1n) is 7.92. The van der Waals surface area contributed by atoms with Crippen molar-refractivity contribution in [3.63, 3.8) is 0 Å². The highest BCUT2D eigenvalue weighted by Gasteiger charge is 2.35. The van der Waals surface area contributed by atoms with E-state index in [0.717, 1.165) is 5.56 Å². The normalized spacial score (nSPS) is 12.3. The summed E-state index contributed by atoms with van der Waals surface area (Å²) in [6.07, 6.45) is -0.674. The summed E-state index contributed by atoms with van der Waals surface area (Å²) in [4.78, 5) is 23.9. The van der Waals surface area contributed by atoms with Gasteiger partial charge in [-0.2, -0.15) is 8.42 Å². The molecule has 0 radical (unpaired) electrons. The number of nitrogens with one attached hydrogen (secondary N) is 1. The number of amides is 1. The van der Waals surface area contributed by atoms with E-state index in [-0.39, 0.29) is 13.2 Å². The van der Waals surface area contributed by atoms with Crippen LogP contribution in [0.5, 0.6) is 0 Å². The highest BCUT2D eigenvalue weighted by molar-refractivity contribution is 7.85. The molecule has 0 aliphatic rings. The first kappa shape index (κ1) is 21.9. The van der Waals surface area contributed by atoms with Crippen LogP contribution >= 0.6 is 0 Å². The van der Waals surface area contributed by atoms with Crippen LogP contribution in [0.3, 0.4) is 0 Å². The van der Waals surface area contributed by atoms with E-state index in [4.69, 9.17) is 14.0 Å². The number of ether oxygens (including phenoxy) is 2. The lowest BCUT2D eigenvalue weighted by molar-refractivity contribution is -0.154. The Bertz CT molecular complexity index is 727. The molecule has 0 bridgehead atoms. The minimum Gasteiger partial charge on any atom is -0.463 e. The van der Waals surface area contributed by atoms with Gasteiger partial charge in [-0.25, -0.2) is 4.79 Å². The molecule has 1 amide bonds. The maximum atomic E-state index is 12.0. The number of alkyl carbamates (subject to hydrolysis) is 1. The molecule has 0 atom stereocenters. The predicted octanol–water partition coefficient (Wildman–Crippen LogP) is 2.15. The van der Waals surface area contributed by atoms with E-state index >= 15 is 0 Å². The largest absolute Gasteiger partial charge is 0.463 e. The zero-order valence-corrected chi connectivity index (χ0v) is 16.1. The van der Waals surface area contributed by atoms with E-state index in [9.17, 15) is 18.0 Å². The molecule has 0 unspecified atom stereocenters. The Morgan fingerprint density at radius 2 is 1.65 bits per heavy atom. The van der Waals surface area contributed by atoms with Gasteiger partial charge in [0.05, 0.1) is 16.7 Å². The van der Waals surface area contributed by atoms with Crippen molar-refractivity contribution in [3.8, 4) is 0 Å². The fourth-order valence-corrected chi connectivity index (χ4v) is 3.06. The lowest BCUT2D eigenvalue weighted by atomic mass is 9.97. The van der Waals surface area contributed by atoms with E-state index in [1.807, 2.05) is 30.3 Å². The second-order valence-corrected chi connectivity index (χ2v) is 8.71. The first-order chi connectivity index (χ1) is 11.8. The molecule has 26 heavy (non-hydrogen) atoms. The summed E-state index contributed by atoms with van der Waals surface area (Å²) in [5, 5.41) is 2.58. The van der Waals surface area contributed by atoms with Crippen LogP contribution in [0.1, 0.15) is 33.3 Å². The van der Waals surface area contributed by atoms with Gasteiger partial charge in [0.15, 0.2) is 0 Å². The Morgan fingerprint density at radius 1 is 1.08 bits per heavy atom. The summed E-state index contributed by atoms with van der Waals surface area (Å²) < 4.78 is 41.0. The SMILES string of the molecule is CC(C)(COC(=O)C(C)(C)CS(=O)(=O)O)NC(=O)OCc1ccccc1. The molecule has 0 spiro atoms. The molecule has 1 aromatic carbocycles. The van der Waals surface area contributed by atoms with Crippen LogP contribution < -0.4 is 5.32 Å². The van der Waals surface area contributed by atoms with Crippen LogP contribution in [-0.4, -0.2) is 42.9 Å². The third kappa shape index (κ3) is 8.30. The fraction of sp³-hybridized carbons (Fsp3) is 0.529. The van der Waals surface area contributed by atoms with Crippen molar-refractivity contribution in [2.45, 2.75) is 39.8 Å². The van der Waals surface area contributed by atoms with Crippen molar-refractivity contribution in [2.75, 3.05) is 12.4 Å². The Kier molecular flexibility index (Phi) is 7.16. The molecular weight excluding hydrogens is 362 g/mol. The molecule has 1 rings (SSSR count). The van der Waals surface area contributed by atoms with Crippen LogP contribution in [0.15, 0.2) is 30.3 Å². The third-order valence-corrected chi connectivity index (χ3v) is 4.40. The maximum absolute atomic E-state index is 12.0. The molecule has 0 heterocycles. The Labute approximate surface area is 153 Å². The number of hydrogen-bond donors (Lipinski definition) is 2.